The van der Waals surface area contributed by atoms with Crippen molar-refractivity contribution in [3.63, 3.8) is 0 Å². The minimum Gasteiger partial charge on any atom is -0.481 e. The third kappa shape index (κ3) is 8.81. The van der Waals surface area contributed by atoms with Gasteiger partial charge in [-0.05, 0) is 17.5 Å². The Kier molecular flexibility index (Phi) is 11.0. The molecule has 3 amide bonds. The molecule has 0 radical (unpaired) electrons. The van der Waals surface area contributed by atoms with Crippen molar-refractivity contribution in [2.75, 3.05) is 0 Å². The van der Waals surface area contributed by atoms with Crippen molar-refractivity contribution < 1.29 is 44.1 Å². The highest BCUT2D eigenvalue weighted by Crippen LogP contribution is 2.19. The molecule has 212 valence electrons. The first-order valence-corrected chi connectivity index (χ1v) is 12.2. The third-order valence-electron chi connectivity index (χ3n) is 6.25. The first-order valence-electron chi connectivity index (χ1n) is 12.2. The second-order valence-corrected chi connectivity index (χ2v) is 9.20. The van der Waals surface area contributed by atoms with Crippen molar-refractivity contribution in [3.05, 3.63) is 36.0 Å². The number of carbonyl (C=O) groups excluding carboxylic acids is 3. The maximum atomic E-state index is 13.1. The zero-order valence-electron chi connectivity index (χ0n) is 21.5. The lowest BCUT2D eigenvalue weighted by Gasteiger charge is -2.27. The number of carboxylic acids is 3. The molecule has 2 aromatic rings. The Hall–Kier alpha value is -4.46. The van der Waals surface area contributed by atoms with Gasteiger partial charge in [0, 0.05) is 23.5 Å². The molecule has 14 heteroatoms. The van der Waals surface area contributed by atoms with Crippen LogP contribution in [0.1, 0.15) is 38.7 Å². The summed E-state index contributed by atoms with van der Waals surface area (Å²) in [6.07, 6.45) is 0.325. The van der Waals surface area contributed by atoms with Gasteiger partial charge in [-0.1, -0.05) is 38.5 Å². The summed E-state index contributed by atoms with van der Waals surface area (Å²) in [5.74, 6) is -7.51. The monoisotopic (exact) mass is 547 g/mol. The molecule has 2 rings (SSSR count). The average Bonchev–Trinajstić information content (AvgIpc) is 3.27. The molecule has 0 fully saturated rings. The summed E-state index contributed by atoms with van der Waals surface area (Å²) < 4.78 is 0. The number of para-hydroxylation sites is 1. The van der Waals surface area contributed by atoms with Crippen LogP contribution < -0.4 is 21.7 Å². The summed E-state index contributed by atoms with van der Waals surface area (Å²) in [7, 11) is 0. The molecule has 0 aliphatic carbocycles. The summed E-state index contributed by atoms with van der Waals surface area (Å²) in [5.41, 5.74) is 6.94. The number of hydrogen-bond acceptors (Lipinski definition) is 7. The first-order chi connectivity index (χ1) is 18.3. The van der Waals surface area contributed by atoms with E-state index in [0.717, 1.165) is 10.9 Å². The van der Waals surface area contributed by atoms with Crippen LogP contribution in [0.2, 0.25) is 0 Å². The van der Waals surface area contributed by atoms with Crippen molar-refractivity contribution in [2.45, 2.75) is 63.7 Å². The van der Waals surface area contributed by atoms with E-state index in [1.54, 1.807) is 44.3 Å². The molecular formula is C25H33N5O9. The van der Waals surface area contributed by atoms with Gasteiger partial charge >= 0.3 is 17.9 Å². The van der Waals surface area contributed by atoms with Gasteiger partial charge in [0.1, 0.15) is 18.1 Å². The molecule has 0 saturated heterocycles. The van der Waals surface area contributed by atoms with Gasteiger partial charge in [0.05, 0.1) is 18.9 Å². The van der Waals surface area contributed by atoms with E-state index < -0.39 is 78.6 Å². The molecular weight excluding hydrogens is 514 g/mol. The lowest BCUT2D eigenvalue weighted by Crippen LogP contribution is -2.59. The summed E-state index contributed by atoms with van der Waals surface area (Å²) in [5, 5.41) is 35.6. The fraction of sp³-hybridized carbons (Fsp3) is 0.440. The van der Waals surface area contributed by atoms with Crippen LogP contribution in [0.5, 0.6) is 0 Å². The number of aromatic amines is 1. The van der Waals surface area contributed by atoms with E-state index in [2.05, 4.69) is 20.9 Å². The van der Waals surface area contributed by atoms with E-state index in [4.69, 9.17) is 10.8 Å². The van der Waals surface area contributed by atoms with Crippen LogP contribution in [0.15, 0.2) is 30.5 Å². The number of benzene rings is 1. The van der Waals surface area contributed by atoms with Crippen LogP contribution in [0.4, 0.5) is 0 Å². The quantitative estimate of drug-likeness (QED) is 0.143. The van der Waals surface area contributed by atoms with Gasteiger partial charge in [-0.3, -0.25) is 24.0 Å². The lowest BCUT2D eigenvalue weighted by molar-refractivity contribution is -0.143. The van der Waals surface area contributed by atoms with E-state index in [1.165, 1.54) is 0 Å². The number of aromatic nitrogens is 1. The Labute approximate surface area is 223 Å². The Morgan fingerprint density at radius 2 is 1.49 bits per heavy atom. The zero-order chi connectivity index (χ0) is 29.3. The highest BCUT2D eigenvalue weighted by atomic mass is 16.4. The van der Waals surface area contributed by atoms with Gasteiger partial charge in [-0.15, -0.1) is 0 Å². The normalized spacial score (nSPS) is 14.8. The van der Waals surface area contributed by atoms with E-state index in [0.29, 0.717) is 12.0 Å². The van der Waals surface area contributed by atoms with Crippen molar-refractivity contribution in [1.29, 1.82) is 0 Å². The fourth-order valence-electron chi connectivity index (χ4n) is 3.88. The van der Waals surface area contributed by atoms with Gasteiger partial charge in [-0.25, -0.2) is 4.79 Å². The number of carboxylic acid groups (broad SMARTS) is 3. The summed E-state index contributed by atoms with van der Waals surface area (Å²) in [6.45, 7) is 3.33. The van der Waals surface area contributed by atoms with Crippen LogP contribution in [0.3, 0.4) is 0 Å². The predicted molar refractivity (Wildman–Crippen MR) is 137 cm³/mol. The molecule has 0 aliphatic heterocycles. The van der Waals surface area contributed by atoms with Crippen molar-refractivity contribution >= 4 is 46.5 Å². The maximum Gasteiger partial charge on any atom is 0.326 e. The topological polar surface area (TPSA) is 241 Å². The van der Waals surface area contributed by atoms with E-state index in [9.17, 15) is 39.0 Å². The smallest absolute Gasteiger partial charge is 0.326 e. The molecule has 0 bridgehead atoms. The molecule has 1 aromatic heterocycles. The summed E-state index contributed by atoms with van der Waals surface area (Å²) in [4.78, 5) is 75.7. The molecule has 5 atom stereocenters. The Morgan fingerprint density at radius 1 is 0.872 bits per heavy atom. The number of fused-ring (bicyclic) bond motifs is 1. The van der Waals surface area contributed by atoms with Gasteiger partial charge in [0.25, 0.3) is 0 Å². The summed E-state index contributed by atoms with van der Waals surface area (Å²) in [6, 6.07) is 1.32. The van der Waals surface area contributed by atoms with Gasteiger partial charge in [-0.2, -0.15) is 0 Å². The Balaban J connectivity index is 2.20. The third-order valence-corrected chi connectivity index (χ3v) is 6.25. The van der Waals surface area contributed by atoms with Crippen LogP contribution in [-0.4, -0.2) is 80.1 Å². The number of H-pyrrole nitrogens is 1. The van der Waals surface area contributed by atoms with E-state index >= 15 is 0 Å². The maximum absolute atomic E-state index is 13.1. The van der Waals surface area contributed by atoms with Crippen LogP contribution in [0.25, 0.3) is 10.9 Å². The first kappa shape index (κ1) is 30.8. The van der Waals surface area contributed by atoms with Gasteiger partial charge in [0.2, 0.25) is 17.7 Å². The SMILES string of the molecule is CCC(C)C(NC(=O)C(N)CC(=O)O)C(=O)NC(CC(=O)O)C(=O)NC(Cc1c[nH]c2ccccc12)C(=O)O. The molecule has 0 saturated carbocycles. The molecule has 9 N–H and O–H groups in total. The number of aliphatic carboxylic acids is 3. The molecule has 1 aromatic carbocycles. The molecule has 0 spiro atoms. The lowest BCUT2D eigenvalue weighted by atomic mass is 9.97. The van der Waals surface area contributed by atoms with Crippen molar-refractivity contribution in [2.24, 2.45) is 11.7 Å². The standard InChI is InChI=1S/C25H33N5O9/c1-3-12(2)21(30-22(35)15(26)9-19(31)32)24(37)28-17(10-20(33)34)23(36)29-18(25(38)39)8-13-11-27-16-7-5-4-6-14(13)16/h4-7,11-12,15,17-18,21,27H,3,8-10,26H2,1-2H3,(H,28,37)(H,29,36)(H,30,35)(H,31,32)(H,33,34)(H,38,39). The average molecular weight is 548 g/mol. The predicted octanol–water partition coefficient (Wildman–Crippen LogP) is -0.428. The molecule has 39 heavy (non-hydrogen) atoms. The number of nitrogens with two attached hydrogens (primary N) is 1. The fourth-order valence-corrected chi connectivity index (χ4v) is 3.88. The number of rotatable bonds is 15. The minimum absolute atomic E-state index is 0.119. The highest BCUT2D eigenvalue weighted by Gasteiger charge is 2.34. The second kappa shape index (κ2) is 13.9. The Morgan fingerprint density at radius 3 is 2.08 bits per heavy atom. The Bertz CT molecular complexity index is 1230. The highest BCUT2D eigenvalue weighted by molar-refractivity contribution is 5.96. The number of nitrogens with one attached hydrogen (secondary N) is 4. The van der Waals surface area contributed by atoms with Gasteiger partial charge in [0.15, 0.2) is 0 Å². The number of carbonyl (C=O) groups is 6. The van der Waals surface area contributed by atoms with E-state index in [-0.39, 0.29) is 6.42 Å². The molecule has 14 nitrogen and oxygen atoms in total. The number of amides is 3. The van der Waals surface area contributed by atoms with Crippen molar-refractivity contribution in [3.8, 4) is 0 Å². The van der Waals surface area contributed by atoms with E-state index in [1.807, 2.05) is 0 Å². The van der Waals surface area contributed by atoms with Gasteiger partial charge < -0.3 is 42.0 Å². The minimum atomic E-state index is -1.67. The van der Waals surface area contributed by atoms with Crippen LogP contribution >= 0.6 is 0 Å². The van der Waals surface area contributed by atoms with Crippen LogP contribution in [0, 0.1) is 5.92 Å². The molecule has 5 unspecified atom stereocenters. The molecule has 1 heterocycles. The summed E-state index contributed by atoms with van der Waals surface area (Å²) >= 11 is 0. The second-order valence-electron chi connectivity index (χ2n) is 9.20. The number of hydrogen-bond donors (Lipinski definition) is 8. The zero-order valence-corrected chi connectivity index (χ0v) is 21.5. The largest absolute Gasteiger partial charge is 0.481 e. The molecule has 0 aliphatic rings. The van der Waals surface area contributed by atoms with Crippen LogP contribution in [-0.2, 0) is 35.2 Å². The van der Waals surface area contributed by atoms with Crippen molar-refractivity contribution in [1.82, 2.24) is 20.9 Å².